The molecule has 7 heteroatoms. The van der Waals surface area contributed by atoms with Gasteiger partial charge in [0.05, 0.1) is 18.5 Å². The van der Waals surface area contributed by atoms with Crippen LogP contribution in [0.2, 0.25) is 0 Å². The van der Waals surface area contributed by atoms with Crippen molar-refractivity contribution in [2.45, 2.75) is 44.5 Å². The van der Waals surface area contributed by atoms with Gasteiger partial charge in [-0.3, -0.25) is 9.48 Å². The largest absolute Gasteiger partial charge is 0.391 e. The molecule has 2 heterocycles. The second kappa shape index (κ2) is 6.74. The fraction of sp³-hybridized carbons (Fsp3) is 0.533. The van der Waals surface area contributed by atoms with Crippen LogP contribution < -0.4 is 5.32 Å². The molecule has 2 N–H and O–H groups in total. The third-order valence-corrected chi connectivity index (χ3v) is 4.13. The van der Waals surface area contributed by atoms with Crippen LogP contribution in [0, 0.1) is 5.92 Å². The van der Waals surface area contributed by atoms with Gasteiger partial charge in [-0.2, -0.15) is 5.10 Å². The number of aromatic nitrogens is 4. The number of imidazole rings is 1. The Labute approximate surface area is 129 Å². The van der Waals surface area contributed by atoms with Gasteiger partial charge in [0, 0.05) is 44.3 Å². The minimum absolute atomic E-state index is 0.0301. The summed E-state index contributed by atoms with van der Waals surface area (Å²) in [4.78, 5) is 15.9. The number of hydrogen-bond acceptors (Lipinski definition) is 4. The minimum Gasteiger partial charge on any atom is -0.391 e. The van der Waals surface area contributed by atoms with Gasteiger partial charge < -0.3 is 15.0 Å². The predicted octanol–water partition coefficient (Wildman–Crippen LogP) is 0.426. The van der Waals surface area contributed by atoms with Gasteiger partial charge in [-0.15, -0.1) is 0 Å². The summed E-state index contributed by atoms with van der Waals surface area (Å²) in [6.45, 7) is 1.39. The molecule has 2 aromatic rings. The molecule has 0 aromatic carbocycles. The fourth-order valence-electron chi connectivity index (χ4n) is 3.02. The smallest absolute Gasteiger partial charge is 0.222 e. The maximum absolute atomic E-state index is 12.0. The number of aryl methyl sites for hydroxylation is 1. The molecule has 1 fully saturated rings. The molecular formula is C15H21N5O2. The first-order valence-electron chi connectivity index (χ1n) is 7.61. The summed E-state index contributed by atoms with van der Waals surface area (Å²) in [6.07, 6.45) is 10.3. The zero-order valence-corrected chi connectivity index (χ0v) is 12.4. The zero-order chi connectivity index (χ0) is 15.4. The number of nitrogens with one attached hydrogen (secondary N) is 1. The van der Waals surface area contributed by atoms with Crippen LogP contribution in [0.5, 0.6) is 0 Å². The Kier molecular flexibility index (Phi) is 4.53. The molecule has 1 amide bonds. The molecule has 0 saturated heterocycles. The molecule has 0 spiro atoms. The van der Waals surface area contributed by atoms with Gasteiger partial charge in [0.25, 0.3) is 0 Å². The molecule has 3 atom stereocenters. The lowest BCUT2D eigenvalue weighted by molar-refractivity contribution is -0.122. The number of aliphatic hydroxyl groups excluding tert-OH is 1. The highest BCUT2D eigenvalue weighted by Crippen LogP contribution is 2.27. The topological polar surface area (TPSA) is 85.0 Å². The van der Waals surface area contributed by atoms with Crippen molar-refractivity contribution in [3.05, 3.63) is 37.2 Å². The summed E-state index contributed by atoms with van der Waals surface area (Å²) in [5, 5.41) is 17.3. The Morgan fingerprint density at radius 3 is 2.95 bits per heavy atom. The van der Waals surface area contributed by atoms with Gasteiger partial charge >= 0.3 is 0 Å². The van der Waals surface area contributed by atoms with E-state index in [0.29, 0.717) is 25.3 Å². The standard InChI is InChI=1S/C15H21N5O2/c21-14-9-12(10-20-5-1-3-17-20)8-13(14)18-15(22)2-6-19-7-4-16-11-19/h1,3-5,7,11-14,21H,2,6,8-10H2,(H,18,22)/t12?,13-,14-/m1/s1. The van der Waals surface area contributed by atoms with Crippen molar-refractivity contribution in [3.63, 3.8) is 0 Å². The molecule has 22 heavy (non-hydrogen) atoms. The van der Waals surface area contributed by atoms with Crippen molar-refractivity contribution < 1.29 is 9.90 Å². The molecule has 1 unspecified atom stereocenters. The number of carbonyl (C=O) groups excluding carboxylic acids is 1. The van der Waals surface area contributed by atoms with Crippen molar-refractivity contribution in [2.24, 2.45) is 5.92 Å². The first kappa shape index (κ1) is 14.8. The summed E-state index contributed by atoms with van der Waals surface area (Å²) in [6, 6.07) is 1.73. The van der Waals surface area contributed by atoms with E-state index in [-0.39, 0.29) is 11.9 Å². The number of rotatable bonds is 6. The summed E-state index contributed by atoms with van der Waals surface area (Å²) >= 11 is 0. The summed E-state index contributed by atoms with van der Waals surface area (Å²) < 4.78 is 3.74. The molecular weight excluding hydrogens is 282 g/mol. The van der Waals surface area contributed by atoms with E-state index >= 15 is 0 Å². The van der Waals surface area contributed by atoms with Crippen molar-refractivity contribution in [1.82, 2.24) is 24.6 Å². The van der Waals surface area contributed by atoms with Crippen molar-refractivity contribution in [2.75, 3.05) is 0 Å². The Balaban J connectivity index is 1.44. The number of hydrogen-bond donors (Lipinski definition) is 2. The Bertz CT molecular complexity index is 581. The quantitative estimate of drug-likeness (QED) is 0.810. The monoisotopic (exact) mass is 303 g/mol. The molecule has 0 aliphatic heterocycles. The van der Waals surface area contributed by atoms with Gasteiger partial charge in [0.1, 0.15) is 0 Å². The van der Waals surface area contributed by atoms with Crippen LogP contribution in [0.3, 0.4) is 0 Å². The van der Waals surface area contributed by atoms with Gasteiger partial charge in [-0.1, -0.05) is 0 Å². The van der Waals surface area contributed by atoms with Crippen LogP contribution in [0.15, 0.2) is 37.2 Å². The predicted molar refractivity (Wildman–Crippen MR) is 79.7 cm³/mol. The lowest BCUT2D eigenvalue weighted by Crippen LogP contribution is -2.40. The minimum atomic E-state index is -0.474. The van der Waals surface area contributed by atoms with Gasteiger partial charge in [0.2, 0.25) is 5.91 Å². The van der Waals surface area contributed by atoms with Gasteiger partial charge in [-0.25, -0.2) is 4.98 Å². The first-order chi connectivity index (χ1) is 10.7. The van der Waals surface area contributed by atoms with Crippen LogP contribution >= 0.6 is 0 Å². The summed E-state index contributed by atoms with van der Waals surface area (Å²) in [5.74, 6) is 0.311. The number of amides is 1. The normalized spacial score (nSPS) is 24.5. The molecule has 1 saturated carbocycles. The molecule has 1 aliphatic rings. The number of nitrogens with zero attached hydrogens (tertiary/aromatic N) is 4. The first-order valence-corrected chi connectivity index (χ1v) is 7.61. The lowest BCUT2D eigenvalue weighted by atomic mass is 10.1. The van der Waals surface area contributed by atoms with Crippen LogP contribution in [0.1, 0.15) is 19.3 Å². The summed E-state index contributed by atoms with van der Waals surface area (Å²) in [5.41, 5.74) is 0. The average molecular weight is 303 g/mol. The highest BCUT2D eigenvalue weighted by molar-refractivity contribution is 5.76. The Hall–Kier alpha value is -2.15. The van der Waals surface area contributed by atoms with E-state index < -0.39 is 6.10 Å². The lowest BCUT2D eigenvalue weighted by Gasteiger charge is -2.16. The zero-order valence-electron chi connectivity index (χ0n) is 12.4. The molecule has 118 valence electrons. The van der Waals surface area contributed by atoms with Crippen molar-refractivity contribution in [3.8, 4) is 0 Å². The van der Waals surface area contributed by atoms with E-state index in [0.717, 1.165) is 13.0 Å². The third-order valence-electron chi connectivity index (χ3n) is 4.13. The fourth-order valence-corrected chi connectivity index (χ4v) is 3.02. The van der Waals surface area contributed by atoms with Crippen LogP contribution in [-0.4, -0.2) is 42.5 Å². The second-order valence-corrected chi connectivity index (χ2v) is 5.86. The molecule has 2 aromatic heterocycles. The van der Waals surface area contributed by atoms with E-state index in [1.165, 1.54) is 0 Å². The van der Waals surface area contributed by atoms with Crippen molar-refractivity contribution >= 4 is 5.91 Å². The second-order valence-electron chi connectivity index (χ2n) is 5.86. The Morgan fingerprint density at radius 2 is 2.23 bits per heavy atom. The summed E-state index contributed by atoms with van der Waals surface area (Å²) in [7, 11) is 0. The number of carbonyl (C=O) groups is 1. The average Bonchev–Trinajstić information content (AvgIpc) is 3.21. The molecule has 0 bridgehead atoms. The van der Waals surface area contributed by atoms with Crippen LogP contribution in [0.25, 0.3) is 0 Å². The van der Waals surface area contributed by atoms with E-state index in [1.807, 2.05) is 27.7 Å². The molecule has 0 radical (unpaired) electrons. The molecule has 7 nitrogen and oxygen atoms in total. The SMILES string of the molecule is O=C(CCn1ccnc1)N[C@@H]1CC(Cn2cccn2)C[C@H]1O. The van der Waals surface area contributed by atoms with Gasteiger partial charge in [-0.05, 0) is 24.8 Å². The van der Waals surface area contributed by atoms with E-state index in [1.54, 1.807) is 18.7 Å². The van der Waals surface area contributed by atoms with E-state index in [9.17, 15) is 9.90 Å². The van der Waals surface area contributed by atoms with E-state index in [2.05, 4.69) is 15.4 Å². The van der Waals surface area contributed by atoms with Crippen LogP contribution in [-0.2, 0) is 17.9 Å². The molecule has 3 rings (SSSR count). The maximum atomic E-state index is 12.0. The maximum Gasteiger partial charge on any atom is 0.222 e. The molecule has 1 aliphatic carbocycles. The highest BCUT2D eigenvalue weighted by Gasteiger charge is 2.33. The highest BCUT2D eigenvalue weighted by atomic mass is 16.3. The Morgan fingerprint density at radius 1 is 1.32 bits per heavy atom. The van der Waals surface area contributed by atoms with Crippen molar-refractivity contribution in [1.29, 1.82) is 0 Å². The number of aliphatic hydroxyl groups is 1. The van der Waals surface area contributed by atoms with Gasteiger partial charge in [0.15, 0.2) is 0 Å². The third kappa shape index (κ3) is 3.73. The van der Waals surface area contributed by atoms with Crippen LogP contribution in [0.4, 0.5) is 0 Å². The van der Waals surface area contributed by atoms with E-state index in [4.69, 9.17) is 0 Å².